The monoisotopic (exact) mass is 353 g/mol. The fourth-order valence-corrected chi connectivity index (χ4v) is 5.39. The van der Waals surface area contributed by atoms with E-state index in [1.54, 1.807) is 11.2 Å². The number of hydrogen-bond donors (Lipinski definition) is 2. The highest BCUT2D eigenvalue weighted by atomic mass is 16.5. The van der Waals surface area contributed by atoms with Gasteiger partial charge in [-0.2, -0.15) is 0 Å². The quantitative estimate of drug-likeness (QED) is 0.768. The van der Waals surface area contributed by atoms with Crippen LogP contribution < -0.4 is 4.90 Å². The van der Waals surface area contributed by atoms with Gasteiger partial charge in [0.2, 0.25) is 0 Å². The molecule has 1 fully saturated rings. The second kappa shape index (κ2) is 5.88. The van der Waals surface area contributed by atoms with E-state index in [0.29, 0.717) is 17.5 Å². The Labute approximate surface area is 153 Å². The first-order valence-electron chi connectivity index (χ1n) is 9.55. The first-order valence-corrected chi connectivity index (χ1v) is 9.55. The second-order valence-corrected chi connectivity index (χ2v) is 7.89. The van der Waals surface area contributed by atoms with Crippen LogP contribution in [-0.4, -0.2) is 37.3 Å². The summed E-state index contributed by atoms with van der Waals surface area (Å²) in [5.41, 5.74) is 4.77. The van der Waals surface area contributed by atoms with Gasteiger partial charge in [0.05, 0.1) is 43.6 Å². The molecule has 5 atom stereocenters. The molecule has 1 aromatic carbocycles. The van der Waals surface area contributed by atoms with Crippen molar-refractivity contribution in [3.63, 3.8) is 0 Å². The van der Waals surface area contributed by atoms with Crippen molar-refractivity contribution in [1.29, 1.82) is 0 Å². The SMILES string of the molecule is COC(=O)C1=CO[C@H](C)[C@H]2C[NH+]3CCc4c([nH]c5ccccc45)[C@@H]3C[C@H]12. The van der Waals surface area contributed by atoms with Gasteiger partial charge in [0.1, 0.15) is 12.1 Å². The highest BCUT2D eigenvalue weighted by molar-refractivity contribution is 5.89. The molecule has 136 valence electrons. The van der Waals surface area contributed by atoms with Crippen molar-refractivity contribution in [2.24, 2.45) is 11.8 Å². The lowest BCUT2D eigenvalue weighted by molar-refractivity contribution is -0.944. The minimum absolute atomic E-state index is 0.144. The van der Waals surface area contributed by atoms with Crippen molar-refractivity contribution < 1.29 is 19.2 Å². The normalized spacial score (nSPS) is 32.7. The van der Waals surface area contributed by atoms with Crippen molar-refractivity contribution in [2.75, 3.05) is 20.2 Å². The molecule has 4 heterocycles. The molecule has 1 unspecified atom stereocenters. The number of rotatable bonds is 1. The number of carbonyl (C=O) groups excluding carboxylic acids is 1. The summed E-state index contributed by atoms with van der Waals surface area (Å²) in [7, 11) is 1.45. The Hall–Kier alpha value is -2.27. The van der Waals surface area contributed by atoms with Crippen LogP contribution in [0.15, 0.2) is 36.1 Å². The zero-order valence-corrected chi connectivity index (χ0v) is 15.2. The Kier molecular flexibility index (Phi) is 3.60. The van der Waals surface area contributed by atoms with Crippen LogP contribution in [0.3, 0.4) is 0 Å². The van der Waals surface area contributed by atoms with Crippen molar-refractivity contribution in [3.05, 3.63) is 47.4 Å². The van der Waals surface area contributed by atoms with Gasteiger partial charge in [-0.15, -0.1) is 0 Å². The Morgan fingerprint density at radius 2 is 2.19 bits per heavy atom. The van der Waals surface area contributed by atoms with Gasteiger partial charge >= 0.3 is 5.97 Å². The van der Waals surface area contributed by atoms with Crippen molar-refractivity contribution >= 4 is 16.9 Å². The lowest BCUT2D eigenvalue weighted by Gasteiger charge is -2.46. The van der Waals surface area contributed by atoms with Crippen LogP contribution in [0.2, 0.25) is 0 Å². The van der Waals surface area contributed by atoms with Crippen LogP contribution in [0.25, 0.3) is 10.9 Å². The number of H-pyrrole nitrogens is 1. The minimum Gasteiger partial charge on any atom is -0.497 e. The molecule has 1 aromatic heterocycles. The lowest BCUT2D eigenvalue weighted by Crippen LogP contribution is -3.15. The van der Waals surface area contributed by atoms with E-state index in [1.165, 1.54) is 29.3 Å². The smallest absolute Gasteiger partial charge is 0.337 e. The lowest BCUT2D eigenvalue weighted by atomic mass is 9.72. The van der Waals surface area contributed by atoms with E-state index in [1.807, 2.05) is 0 Å². The maximum Gasteiger partial charge on any atom is 0.337 e. The molecule has 26 heavy (non-hydrogen) atoms. The van der Waals surface area contributed by atoms with Crippen molar-refractivity contribution in [1.82, 2.24) is 4.98 Å². The third-order valence-electron chi connectivity index (χ3n) is 6.72. The van der Waals surface area contributed by atoms with Gasteiger partial charge in [-0.25, -0.2) is 4.79 Å². The highest BCUT2D eigenvalue weighted by Crippen LogP contribution is 2.41. The number of nitrogens with one attached hydrogen (secondary N) is 2. The summed E-state index contributed by atoms with van der Waals surface area (Å²) in [6.45, 7) is 4.31. The van der Waals surface area contributed by atoms with Gasteiger partial charge < -0.3 is 19.4 Å². The van der Waals surface area contributed by atoms with Gasteiger partial charge in [-0.05, 0) is 18.6 Å². The topological polar surface area (TPSA) is 55.8 Å². The van der Waals surface area contributed by atoms with Crippen LogP contribution in [0.5, 0.6) is 0 Å². The summed E-state index contributed by atoms with van der Waals surface area (Å²) in [4.78, 5) is 17.6. The summed E-state index contributed by atoms with van der Waals surface area (Å²) in [6.07, 6.45) is 3.87. The Balaban J connectivity index is 1.55. The molecule has 0 aliphatic carbocycles. The van der Waals surface area contributed by atoms with Crippen LogP contribution in [0, 0.1) is 11.8 Å². The molecule has 0 radical (unpaired) electrons. The summed E-state index contributed by atoms with van der Waals surface area (Å²) >= 11 is 0. The standard InChI is InChI=1S/C21H24N2O3/c1-12-16-10-23-8-7-14-13-5-3-4-6-18(13)22-20(14)19(23)9-15(16)17(11-26-12)21(24)25-2/h3-6,11-12,15-16,19,22H,7-10H2,1-2H3/p+1/t12-,15+,16-,19+/m1/s1. The third-order valence-corrected chi connectivity index (χ3v) is 6.72. The van der Waals surface area contributed by atoms with Crippen molar-refractivity contribution in [3.8, 4) is 0 Å². The van der Waals surface area contributed by atoms with Crippen LogP contribution in [0.4, 0.5) is 0 Å². The van der Waals surface area contributed by atoms with Gasteiger partial charge in [-0.1, -0.05) is 18.2 Å². The first kappa shape index (κ1) is 15.9. The number of aromatic amines is 1. The number of methoxy groups -OCH3 is 1. The molecule has 3 aliphatic heterocycles. The molecular weight excluding hydrogens is 328 g/mol. The molecule has 5 rings (SSSR count). The molecule has 0 amide bonds. The molecule has 5 nitrogen and oxygen atoms in total. The number of quaternary nitrogens is 1. The molecule has 2 N–H and O–H groups in total. The largest absolute Gasteiger partial charge is 0.497 e. The number of esters is 1. The van der Waals surface area contributed by atoms with Crippen LogP contribution in [-0.2, 0) is 20.7 Å². The molecule has 1 saturated heterocycles. The number of ether oxygens (including phenoxy) is 2. The first-order chi connectivity index (χ1) is 12.7. The summed E-state index contributed by atoms with van der Waals surface area (Å²) < 4.78 is 10.8. The minimum atomic E-state index is -0.247. The molecular formula is C21H25N2O3+. The Bertz CT molecular complexity index is 900. The zero-order valence-electron chi connectivity index (χ0n) is 15.2. The predicted molar refractivity (Wildman–Crippen MR) is 97.7 cm³/mol. The summed E-state index contributed by atoms with van der Waals surface area (Å²) in [5, 5.41) is 1.35. The fourth-order valence-electron chi connectivity index (χ4n) is 5.39. The average molecular weight is 353 g/mol. The van der Waals surface area contributed by atoms with Gasteiger partial charge in [0, 0.05) is 29.7 Å². The van der Waals surface area contributed by atoms with Gasteiger partial charge in [0.25, 0.3) is 0 Å². The van der Waals surface area contributed by atoms with E-state index >= 15 is 0 Å². The molecule has 0 spiro atoms. The Morgan fingerprint density at radius 3 is 3.04 bits per heavy atom. The molecule has 3 aliphatic rings. The number of hydrogen-bond acceptors (Lipinski definition) is 3. The molecule has 0 saturated carbocycles. The van der Waals surface area contributed by atoms with Crippen LogP contribution >= 0.6 is 0 Å². The van der Waals surface area contributed by atoms with E-state index in [0.717, 1.165) is 25.9 Å². The third kappa shape index (κ3) is 2.23. The summed E-state index contributed by atoms with van der Waals surface area (Å²) in [5.74, 6) is 0.326. The van der Waals surface area contributed by atoms with Gasteiger partial charge in [-0.3, -0.25) is 0 Å². The zero-order chi connectivity index (χ0) is 17.8. The number of benzene rings is 1. The maximum absolute atomic E-state index is 12.3. The number of piperidine rings is 1. The summed E-state index contributed by atoms with van der Waals surface area (Å²) in [6, 6.07) is 8.99. The van der Waals surface area contributed by atoms with Crippen LogP contribution in [0.1, 0.15) is 30.6 Å². The van der Waals surface area contributed by atoms with E-state index in [4.69, 9.17) is 9.47 Å². The van der Waals surface area contributed by atoms with Gasteiger partial charge in [0.15, 0.2) is 0 Å². The highest BCUT2D eigenvalue weighted by Gasteiger charge is 2.49. The number of carbonyl (C=O) groups is 1. The average Bonchev–Trinajstić information content (AvgIpc) is 3.06. The Morgan fingerprint density at radius 1 is 1.35 bits per heavy atom. The maximum atomic E-state index is 12.3. The predicted octanol–water partition coefficient (Wildman–Crippen LogP) is 1.76. The number of fused-ring (bicyclic) bond motifs is 6. The molecule has 2 aromatic rings. The number of para-hydroxylation sites is 1. The number of aromatic nitrogens is 1. The fraction of sp³-hybridized carbons (Fsp3) is 0.476. The molecule has 5 heteroatoms. The van der Waals surface area contributed by atoms with E-state index in [9.17, 15) is 4.79 Å². The van der Waals surface area contributed by atoms with E-state index in [-0.39, 0.29) is 18.0 Å². The molecule has 0 bridgehead atoms. The van der Waals surface area contributed by atoms with E-state index in [2.05, 4.69) is 36.2 Å². The van der Waals surface area contributed by atoms with Crippen molar-refractivity contribution in [2.45, 2.75) is 31.9 Å². The second-order valence-electron chi connectivity index (χ2n) is 7.89. The van der Waals surface area contributed by atoms with E-state index < -0.39 is 0 Å².